The van der Waals surface area contributed by atoms with Crippen molar-refractivity contribution in [2.75, 3.05) is 13.7 Å². The molecule has 0 amide bonds. The summed E-state index contributed by atoms with van der Waals surface area (Å²) < 4.78 is 21.2. The lowest BCUT2D eigenvalue weighted by atomic mass is 9.43. The van der Waals surface area contributed by atoms with Gasteiger partial charge in [-0.1, -0.05) is 6.92 Å². The van der Waals surface area contributed by atoms with Crippen molar-refractivity contribution in [1.29, 1.82) is 0 Å². The van der Waals surface area contributed by atoms with Crippen molar-refractivity contribution in [3.05, 3.63) is 30.2 Å². The Morgan fingerprint density at radius 3 is 2.78 bits per heavy atom. The van der Waals surface area contributed by atoms with Crippen LogP contribution in [0.25, 0.3) is 10.9 Å². The fourth-order valence-electron chi connectivity index (χ4n) is 9.71. The molecule has 4 aliphatic carbocycles. The van der Waals surface area contributed by atoms with Crippen molar-refractivity contribution in [3.63, 3.8) is 0 Å². The number of rotatable bonds is 5. The molecule has 0 aliphatic heterocycles. The van der Waals surface area contributed by atoms with E-state index in [1.54, 1.807) is 16.9 Å². The van der Waals surface area contributed by atoms with Crippen molar-refractivity contribution in [2.45, 2.75) is 83.8 Å². The maximum Gasteiger partial charge on any atom is 0.157 e. The summed E-state index contributed by atoms with van der Waals surface area (Å²) in [4.78, 5) is 13.7. The topological polar surface area (TPSA) is 64.3 Å². The third-order valence-corrected chi connectivity index (χ3v) is 11.3. The first-order chi connectivity index (χ1) is 17.1. The first-order valence-corrected chi connectivity index (χ1v) is 14.0. The summed E-state index contributed by atoms with van der Waals surface area (Å²) in [6.45, 7) is 5.47. The molecule has 0 spiro atoms. The average Bonchev–Trinajstić information content (AvgIpc) is 3.38. The smallest absolute Gasteiger partial charge is 0.157 e. The number of hydrogen-bond donors (Lipinski definition) is 1. The van der Waals surface area contributed by atoms with Crippen LogP contribution < -0.4 is 0 Å². The number of hydrogen-bond acceptors (Lipinski definition) is 4. The highest BCUT2D eigenvalue weighted by atomic mass is 19.1. The number of fused-ring (bicyclic) bond motifs is 6. The molecule has 1 aromatic heterocycles. The molecule has 4 saturated carbocycles. The average molecular weight is 497 g/mol. The van der Waals surface area contributed by atoms with Crippen LogP contribution in [0.5, 0.6) is 0 Å². The largest absolute Gasteiger partial charge is 0.390 e. The predicted molar refractivity (Wildman–Crippen MR) is 137 cm³/mol. The Hall–Kier alpha value is -1.79. The number of methoxy groups -OCH3 is 1. The molecule has 8 unspecified atom stereocenters. The zero-order valence-electron chi connectivity index (χ0n) is 22.0. The van der Waals surface area contributed by atoms with E-state index in [9.17, 15) is 14.3 Å². The summed E-state index contributed by atoms with van der Waals surface area (Å²) in [7, 11) is 1.84. The Balaban J connectivity index is 1.22. The number of benzene rings is 1. The van der Waals surface area contributed by atoms with E-state index in [1.165, 1.54) is 25.0 Å². The van der Waals surface area contributed by atoms with Gasteiger partial charge in [0.15, 0.2) is 5.78 Å². The van der Waals surface area contributed by atoms with Gasteiger partial charge >= 0.3 is 0 Å². The van der Waals surface area contributed by atoms with Crippen LogP contribution in [-0.4, -0.2) is 40.0 Å². The van der Waals surface area contributed by atoms with Crippen LogP contribution in [-0.2, 0) is 16.1 Å². The van der Waals surface area contributed by atoms with E-state index in [0.717, 1.165) is 62.5 Å². The zero-order chi connectivity index (χ0) is 25.3. The molecule has 2 aromatic rings. The van der Waals surface area contributed by atoms with Crippen molar-refractivity contribution in [3.8, 4) is 0 Å². The maximum absolute atomic E-state index is 13.7. The second-order valence-electron chi connectivity index (χ2n) is 13.2. The lowest BCUT2D eigenvalue weighted by Gasteiger charge is -2.62. The van der Waals surface area contributed by atoms with E-state index in [2.05, 4.69) is 12.0 Å². The number of carbonyl (C=O) groups excluding carboxylic acids is 1. The molecule has 4 fully saturated rings. The van der Waals surface area contributed by atoms with Gasteiger partial charge in [-0.05, 0) is 117 Å². The Morgan fingerprint density at radius 2 is 1.97 bits per heavy atom. The first-order valence-electron chi connectivity index (χ1n) is 14.0. The number of nitrogens with zero attached hydrogens (tertiary/aromatic N) is 2. The highest BCUT2D eigenvalue weighted by molar-refractivity contribution is 5.83. The van der Waals surface area contributed by atoms with Crippen molar-refractivity contribution in [2.24, 2.45) is 40.4 Å². The third-order valence-electron chi connectivity index (χ3n) is 11.3. The summed E-state index contributed by atoms with van der Waals surface area (Å²) in [5.74, 6) is 2.45. The lowest BCUT2D eigenvalue weighted by molar-refractivity contribution is -0.175. The minimum atomic E-state index is -0.550. The van der Waals surface area contributed by atoms with E-state index >= 15 is 0 Å². The van der Waals surface area contributed by atoms with E-state index in [0.29, 0.717) is 23.7 Å². The summed E-state index contributed by atoms with van der Waals surface area (Å²) in [5, 5.41) is 16.1. The van der Waals surface area contributed by atoms with Crippen LogP contribution in [0.4, 0.5) is 4.39 Å². The van der Waals surface area contributed by atoms with Gasteiger partial charge in [0.25, 0.3) is 0 Å². The maximum atomic E-state index is 13.7. The van der Waals surface area contributed by atoms with Crippen LogP contribution in [0, 0.1) is 46.2 Å². The van der Waals surface area contributed by atoms with Gasteiger partial charge in [0.1, 0.15) is 5.82 Å². The van der Waals surface area contributed by atoms with Crippen molar-refractivity contribution in [1.82, 2.24) is 9.78 Å². The molecular formula is C30H41FN2O3. The first kappa shape index (κ1) is 24.5. The normalized spacial score (nSPS) is 42.1. The SMILES string of the molecule is COCC12CCC(C)(O)CC1CCC1C3CCC(C(=O)Cn4cc5cc(F)ccc5n4)C3(C)CCC12. The molecule has 8 atom stereocenters. The predicted octanol–water partition coefficient (Wildman–Crippen LogP) is 5.78. The monoisotopic (exact) mass is 496 g/mol. The van der Waals surface area contributed by atoms with Crippen molar-refractivity contribution >= 4 is 16.7 Å². The molecule has 1 N–H and O–H groups in total. The molecule has 0 bridgehead atoms. The highest BCUT2D eigenvalue weighted by Gasteiger charge is 2.63. The third kappa shape index (κ3) is 3.77. The number of Topliss-reactive ketones (excluding diaryl/α,β-unsaturated/α-hetero) is 1. The molecule has 36 heavy (non-hydrogen) atoms. The molecule has 1 heterocycles. The van der Waals surface area contributed by atoms with Crippen LogP contribution in [0.3, 0.4) is 0 Å². The van der Waals surface area contributed by atoms with Crippen LogP contribution in [0.1, 0.15) is 71.6 Å². The summed E-state index contributed by atoms with van der Waals surface area (Å²) in [6.07, 6.45) is 11.3. The number of ketones is 1. The van der Waals surface area contributed by atoms with Gasteiger partial charge in [-0.25, -0.2) is 4.39 Å². The standard InChI is InChI=1S/C30H41FN2O3/c1-28(35)12-13-30(18-36-3)20(15-28)4-6-22-23-7-8-25(29(23,2)11-10-24(22)30)27(34)17-33-16-19-14-21(31)5-9-26(19)32-33/h5,9,14,16,20,22-25,35H,4,6-8,10-13,15,17-18H2,1-3H3. The lowest BCUT2D eigenvalue weighted by Crippen LogP contribution is -2.58. The van der Waals surface area contributed by atoms with E-state index in [4.69, 9.17) is 4.74 Å². The Morgan fingerprint density at radius 1 is 1.14 bits per heavy atom. The van der Waals surface area contributed by atoms with Crippen molar-refractivity contribution < 1.29 is 19.0 Å². The van der Waals surface area contributed by atoms with Crippen LogP contribution in [0.15, 0.2) is 24.4 Å². The van der Waals surface area contributed by atoms with Gasteiger partial charge in [0.05, 0.1) is 24.3 Å². The van der Waals surface area contributed by atoms with Gasteiger partial charge in [0.2, 0.25) is 0 Å². The van der Waals surface area contributed by atoms with Crippen LogP contribution >= 0.6 is 0 Å². The Kier molecular flexibility index (Phi) is 5.88. The van der Waals surface area contributed by atoms with Gasteiger partial charge in [0, 0.05) is 24.6 Å². The number of carbonyl (C=O) groups is 1. The number of ether oxygens (including phenoxy) is 1. The quantitative estimate of drug-likeness (QED) is 0.570. The molecule has 196 valence electrons. The van der Waals surface area contributed by atoms with E-state index in [-0.39, 0.29) is 34.9 Å². The minimum absolute atomic E-state index is 0.0399. The molecule has 6 heteroatoms. The second-order valence-corrected chi connectivity index (χ2v) is 13.2. The Bertz CT molecular complexity index is 1160. The molecule has 6 rings (SSSR count). The molecule has 0 saturated heterocycles. The van der Waals surface area contributed by atoms with Gasteiger partial charge in [-0.2, -0.15) is 5.10 Å². The van der Waals surface area contributed by atoms with Gasteiger partial charge in [-0.15, -0.1) is 0 Å². The Labute approximate surface area is 213 Å². The number of aromatic nitrogens is 2. The second kappa shape index (κ2) is 8.62. The van der Waals surface area contributed by atoms with Gasteiger partial charge in [-0.3, -0.25) is 9.48 Å². The zero-order valence-corrected chi connectivity index (χ0v) is 22.0. The molecular weight excluding hydrogens is 455 g/mol. The summed E-state index contributed by atoms with van der Waals surface area (Å²) >= 11 is 0. The fraction of sp³-hybridized carbons (Fsp3) is 0.733. The molecule has 5 nitrogen and oxygen atoms in total. The molecule has 0 radical (unpaired) electrons. The fourth-order valence-corrected chi connectivity index (χ4v) is 9.71. The van der Waals surface area contributed by atoms with Crippen LogP contribution in [0.2, 0.25) is 0 Å². The summed E-state index contributed by atoms with van der Waals surface area (Å²) in [5.41, 5.74) is 0.393. The minimum Gasteiger partial charge on any atom is -0.390 e. The van der Waals surface area contributed by atoms with E-state index in [1.807, 2.05) is 14.0 Å². The summed E-state index contributed by atoms with van der Waals surface area (Å²) in [6, 6.07) is 4.58. The van der Waals surface area contributed by atoms with E-state index < -0.39 is 5.60 Å². The molecule has 1 aromatic carbocycles. The number of aliphatic hydroxyl groups is 1. The molecule has 4 aliphatic rings. The highest BCUT2D eigenvalue weighted by Crippen LogP contribution is 2.68. The van der Waals surface area contributed by atoms with Gasteiger partial charge < -0.3 is 9.84 Å². The number of halogens is 1.